The molecule has 0 bridgehead atoms. The van der Waals surface area contributed by atoms with Crippen LogP contribution in [0.5, 0.6) is 0 Å². The van der Waals surface area contributed by atoms with E-state index in [1.807, 2.05) is 5.38 Å². The Labute approximate surface area is 93.3 Å². The topological polar surface area (TPSA) is 55.6 Å². The van der Waals surface area contributed by atoms with Crippen LogP contribution in [-0.4, -0.2) is 20.2 Å². The van der Waals surface area contributed by atoms with E-state index in [0.29, 0.717) is 5.95 Å². The van der Waals surface area contributed by atoms with Crippen molar-refractivity contribution in [3.63, 3.8) is 0 Å². The van der Waals surface area contributed by atoms with Crippen molar-refractivity contribution >= 4 is 33.2 Å². The summed E-state index contributed by atoms with van der Waals surface area (Å²) in [6, 6.07) is 2.07. The van der Waals surface area contributed by atoms with E-state index in [4.69, 9.17) is 0 Å². The van der Waals surface area contributed by atoms with Gasteiger partial charge in [-0.05, 0) is 32.4 Å². The van der Waals surface area contributed by atoms with Crippen molar-refractivity contribution in [2.24, 2.45) is 7.05 Å². The normalized spacial score (nSPS) is 10.4. The van der Waals surface area contributed by atoms with E-state index in [0.717, 1.165) is 11.0 Å². The monoisotopic (exact) mass is 273 g/mol. The molecule has 0 saturated carbocycles. The third-order valence-corrected chi connectivity index (χ3v) is 3.36. The van der Waals surface area contributed by atoms with Crippen molar-refractivity contribution in [3.05, 3.63) is 20.8 Å². The Kier molecular flexibility index (Phi) is 2.78. The molecule has 5 nitrogen and oxygen atoms in total. The summed E-state index contributed by atoms with van der Waals surface area (Å²) in [5.74, 6) is 0.675. The molecular weight excluding hydrogens is 266 g/mol. The van der Waals surface area contributed by atoms with E-state index in [2.05, 4.69) is 42.8 Å². The van der Waals surface area contributed by atoms with E-state index in [1.54, 1.807) is 23.1 Å². The van der Waals surface area contributed by atoms with Gasteiger partial charge in [0.05, 0.1) is 6.54 Å². The molecule has 7 heteroatoms. The standard InChI is InChI=1S/C7H8BrN5S/c1-13-7(10-11-12-13)9-3-6-2-5(8)4-14-6/h2,4H,3H2,1H3,(H,9,10,12). The van der Waals surface area contributed by atoms with Crippen LogP contribution in [-0.2, 0) is 13.6 Å². The number of tetrazole rings is 1. The van der Waals surface area contributed by atoms with Crippen molar-refractivity contribution in [2.75, 3.05) is 5.32 Å². The maximum atomic E-state index is 3.82. The van der Waals surface area contributed by atoms with Gasteiger partial charge in [-0.1, -0.05) is 5.10 Å². The second kappa shape index (κ2) is 4.05. The summed E-state index contributed by atoms with van der Waals surface area (Å²) < 4.78 is 2.71. The van der Waals surface area contributed by atoms with Crippen molar-refractivity contribution in [2.45, 2.75) is 6.54 Å². The summed E-state index contributed by atoms with van der Waals surface area (Å²) in [5.41, 5.74) is 0. The van der Waals surface area contributed by atoms with Crippen LogP contribution in [0, 0.1) is 0 Å². The molecule has 0 atom stereocenters. The number of thiophene rings is 1. The van der Waals surface area contributed by atoms with Crippen LogP contribution in [0.3, 0.4) is 0 Å². The van der Waals surface area contributed by atoms with Crippen LogP contribution in [0.25, 0.3) is 0 Å². The van der Waals surface area contributed by atoms with Crippen LogP contribution >= 0.6 is 27.3 Å². The molecule has 2 heterocycles. The number of anilines is 1. The van der Waals surface area contributed by atoms with Gasteiger partial charge in [0.15, 0.2) is 0 Å². The molecule has 0 spiro atoms. The zero-order chi connectivity index (χ0) is 9.97. The average Bonchev–Trinajstić information content (AvgIpc) is 2.72. The zero-order valence-corrected chi connectivity index (χ0v) is 9.84. The molecule has 1 N–H and O–H groups in total. The van der Waals surface area contributed by atoms with Crippen LogP contribution < -0.4 is 5.32 Å². The van der Waals surface area contributed by atoms with E-state index in [1.165, 1.54) is 4.88 Å². The molecule has 0 unspecified atom stereocenters. The fourth-order valence-electron chi connectivity index (χ4n) is 0.992. The highest BCUT2D eigenvalue weighted by atomic mass is 79.9. The van der Waals surface area contributed by atoms with Crippen molar-refractivity contribution in [1.82, 2.24) is 20.2 Å². The zero-order valence-electron chi connectivity index (χ0n) is 7.44. The van der Waals surface area contributed by atoms with Crippen LogP contribution in [0.2, 0.25) is 0 Å². The molecule has 2 rings (SSSR count). The Morgan fingerprint density at radius 2 is 2.50 bits per heavy atom. The molecule has 74 valence electrons. The summed E-state index contributed by atoms with van der Waals surface area (Å²) in [6.07, 6.45) is 0. The van der Waals surface area contributed by atoms with E-state index >= 15 is 0 Å². The summed E-state index contributed by atoms with van der Waals surface area (Å²) in [7, 11) is 1.80. The van der Waals surface area contributed by atoms with Gasteiger partial charge in [0.2, 0.25) is 5.95 Å². The minimum Gasteiger partial charge on any atom is -0.348 e. The van der Waals surface area contributed by atoms with Gasteiger partial charge in [0, 0.05) is 21.8 Å². The van der Waals surface area contributed by atoms with Gasteiger partial charge in [0.25, 0.3) is 0 Å². The molecule has 0 saturated heterocycles. The maximum absolute atomic E-state index is 3.82. The quantitative estimate of drug-likeness (QED) is 0.924. The fourth-order valence-corrected chi connectivity index (χ4v) is 2.38. The number of hydrogen-bond donors (Lipinski definition) is 1. The molecular formula is C7H8BrN5S. The van der Waals surface area contributed by atoms with Crippen LogP contribution in [0.15, 0.2) is 15.9 Å². The van der Waals surface area contributed by atoms with Crippen LogP contribution in [0.4, 0.5) is 5.95 Å². The molecule has 0 fully saturated rings. The summed E-state index contributed by atoms with van der Waals surface area (Å²) in [5, 5.41) is 16.3. The third-order valence-electron chi connectivity index (χ3n) is 1.66. The lowest BCUT2D eigenvalue weighted by Gasteiger charge is -2.00. The minimum absolute atomic E-state index is 0.675. The average molecular weight is 274 g/mol. The highest BCUT2D eigenvalue weighted by Gasteiger charge is 2.02. The minimum atomic E-state index is 0.675. The van der Waals surface area contributed by atoms with Crippen molar-refractivity contribution in [1.29, 1.82) is 0 Å². The highest BCUT2D eigenvalue weighted by Crippen LogP contribution is 2.20. The Hall–Kier alpha value is -0.950. The van der Waals surface area contributed by atoms with Crippen molar-refractivity contribution < 1.29 is 0 Å². The first-order chi connectivity index (χ1) is 6.75. The lowest BCUT2D eigenvalue weighted by atomic mass is 10.5. The lowest BCUT2D eigenvalue weighted by molar-refractivity contribution is 0.712. The molecule has 0 aliphatic heterocycles. The molecule has 14 heavy (non-hydrogen) atoms. The largest absolute Gasteiger partial charge is 0.348 e. The van der Waals surface area contributed by atoms with Gasteiger partial charge in [-0.15, -0.1) is 11.3 Å². The molecule has 2 aromatic heterocycles. The van der Waals surface area contributed by atoms with Gasteiger partial charge in [0.1, 0.15) is 0 Å². The van der Waals surface area contributed by atoms with Crippen molar-refractivity contribution in [3.8, 4) is 0 Å². The predicted octanol–water partition coefficient (Wildman–Crippen LogP) is 1.65. The Morgan fingerprint density at radius 3 is 3.07 bits per heavy atom. The number of aromatic nitrogens is 4. The summed E-state index contributed by atoms with van der Waals surface area (Å²) in [6.45, 7) is 0.741. The number of nitrogens with zero attached hydrogens (tertiary/aromatic N) is 4. The number of rotatable bonds is 3. The number of halogens is 1. The molecule has 0 aliphatic carbocycles. The van der Waals surface area contributed by atoms with Gasteiger partial charge in [-0.25, -0.2) is 4.68 Å². The molecule has 0 radical (unpaired) electrons. The Morgan fingerprint density at radius 1 is 1.64 bits per heavy atom. The second-order valence-corrected chi connectivity index (χ2v) is 4.62. The first-order valence-electron chi connectivity index (χ1n) is 3.95. The first kappa shape index (κ1) is 9.60. The number of aryl methyl sites for hydroxylation is 1. The second-order valence-electron chi connectivity index (χ2n) is 2.71. The fraction of sp³-hybridized carbons (Fsp3) is 0.286. The number of nitrogens with one attached hydrogen (secondary N) is 1. The number of hydrogen-bond acceptors (Lipinski definition) is 5. The predicted molar refractivity (Wildman–Crippen MR) is 58.1 cm³/mol. The van der Waals surface area contributed by atoms with Gasteiger partial charge in [-0.2, -0.15) is 0 Å². The maximum Gasteiger partial charge on any atom is 0.242 e. The Bertz CT molecular complexity index is 423. The lowest BCUT2D eigenvalue weighted by Crippen LogP contribution is -2.04. The first-order valence-corrected chi connectivity index (χ1v) is 5.62. The van der Waals surface area contributed by atoms with Gasteiger partial charge < -0.3 is 5.32 Å². The smallest absolute Gasteiger partial charge is 0.242 e. The van der Waals surface area contributed by atoms with E-state index in [9.17, 15) is 0 Å². The SMILES string of the molecule is Cn1nnnc1NCc1cc(Br)cs1. The van der Waals surface area contributed by atoms with Gasteiger partial charge in [-0.3, -0.25) is 0 Å². The molecule has 0 amide bonds. The molecule has 0 aliphatic rings. The summed E-state index contributed by atoms with van der Waals surface area (Å²) >= 11 is 5.09. The third kappa shape index (κ3) is 2.10. The Balaban J connectivity index is 1.98. The molecule has 2 aromatic rings. The van der Waals surface area contributed by atoms with E-state index in [-0.39, 0.29) is 0 Å². The van der Waals surface area contributed by atoms with Crippen LogP contribution in [0.1, 0.15) is 4.88 Å². The highest BCUT2D eigenvalue weighted by molar-refractivity contribution is 9.10. The molecule has 0 aromatic carbocycles. The van der Waals surface area contributed by atoms with E-state index < -0.39 is 0 Å². The van der Waals surface area contributed by atoms with Gasteiger partial charge >= 0.3 is 0 Å². The summed E-state index contributed by atoms with van der Waals surface area (Å²) in [4.78, 5) is 1.24.